The molecule has 0 saturated carbocycles. The van der Waals surface area contributed by atoms with Gasteiger partial charge in [-0.15, -0.1) is 0 Å². The van der Waals surface area contributed by atoms with Crippen molar-refractivity contribution in [3.63, 3.8) is 0 Å². The Balaban J connectivity index is 1.86. The number of carbonyl (C=O) groups excluding carboxylic acids is 1. The lowest BCUT2D eigenvalue weighted by Crippen LogP contribution is -2.20. The first-order valence-corrected chi connectivity index (χ1v) is 8.31. The van der Waals surface area contributed by atoms with E-state index in [0.29, 0.717) is 5.82 Å². The summed E-state index contributed by atoms with van der Waals surface area (Å²) in [6.07, 6.45) is -0.742. The number of amides is 1. The van der Waals surface area contributed by atoms with Crippen LogP contribution in [0.25, 0.3) is 11.0 Å². The van der Waals surface area contributed by atoms with Crippen LogP contribution in [-0.2, 0) is 11.3 Å². The van der Waals surface area contributed by atoms with Gasteiger partial charge in [-0.3, -0.25) is 4.79 Å². The third kappa shape index (κ3) is 3.53. The lowest BCUT2D eigenvalue weighted by molar-refractivity contribution is -0.116. The maximum absolute atomic E-state index is 12.3. The Hall–Kier alpha value is -1.93. The topological polar surface area (TPSA) is 67.2 Å². The molecule has 1 atom stereocenters. The number of anilines is 1. The highest BCUT2D eigenvalue weighted by molar-refractivity contribution is 14.1. The molecule has 0 aliphatic heterocycles. The number of rotatable bonds is 4. The van der Waals surface area contributed by atoms with Crippen LogP contribution < -0.4 is 5.32 Å². The van der Waals surface area contributed by atoms with E-state index in [0.717, 1.165) is 20.3 Å². The van der Waals surface area contributed by atoms with Gasteiger partial charge in [-0.1, -0.05) is 12.1 Å². The highest BCUT2D eigenvalue weighted by Gasteiger charge is 2.16. The summed E-state index contributed by atoms with van der Waals surface area (Å²) in [6.45, 7) is 1.75. The molecule has 0 fully saturated rings. The standard InChI is InChI=1S/C17H16IN3O2/c1-11(22)17-20-14-4-2-3-5-15(14)21(17)10-16(23)19-13-8-6-12(18)7-9-13/h2-9,11,22H,10H2,1H3,(H,19,23). The van der Waals surface area contributed by atoms with Crippen LogP contribution in [0, 0.1) is 3.57 Å². The van der Waals surface area contributed by atoms with Gasteiger partial charge in [0.2, 0.25) is 5.91 Å². The predicted octanol–water partition coefficient (Wildman–Crippen LogP) is 3.33. The van der Waals surface area contributed by atoms with Crippen molar-refractivity contribution in [3.8, 4) is 0 Å². The Labute approximate surface area is 147 Å². The number of carbonyl (C=O) groups is 1. The van der Waals surface area contributed by atoms with E-state index in [9.17, 15) is 9.90 Å². The normalized spacial score (nSPS) is 12.3. The van der Waals surface area contributed by atoms with Crippen molar-refractivity contribution in [2.24, 2.45) is 0 Å². The summed E-state index contributed by atoms with van der Waals surface area (Å²) >= 11 is 2.22. The Morgan fingerprint density at radius 2 is 1.96 bits per heavy atom. The van der Waals surface area contributed by atoms with Crippen molar-refractivity contribution in [2.45, 2.75) is 19.6 Å². The number of benzene rings is 2. The molecular formula is C17H16IN3O2. The van der Waals surface area contributed by atoms with Gasteiger partial charge < -0.3 is 15.0 Å². The van der Waals surface area contributed by atoms with E-state index in [4.69, 9.17) is 0 Å². The second kappa shape index (κ2) is 6.67. The zero-order valence-electron chi connectivity index (χ0n) is 12.5. The van der Waals surface area contributed by atoms with Gasteiger partial charge in [0.1, 0.15) is 18.5 Å². The van der Waals surface area contributed by atoms with Crippen LogP contribution in [-0.4, -0.2) is 20.6 Å². The molecule has 1 aromatic heterocycles. The number of fused-ring (bicyclic) bond motifs is 1. The van der Waals surface area contributed by atoms with Crippen molar-refractivity contribution in [3.05, 3.63) is 57.9 Å². The highest BCUT2D eigenvalue weighted by atomic mass is 127. The van der Waals surface area contributed by atoms with E-state index in [-0.39, 0.29) is 12.5 Å². The molecule has 1 heterocycles. The predicted molar refractivity (Wildman–Crippen MR) is 98.2 cm³/mol. The molecule has 1 unspecified atom stereocenters. The van der Waals surface area contributed by atoms with Gasteiger partial charge in [-0.25, -0.2) is 4.98 Å². The first-order valence-electron chi connectivity index (χ1n) is 7.23. The monoisotopic (exact) mass is 421 g/mol. The van der Waals surface area contributed by atoms with Crippen LogP contribution >= 0.6 is 22.6 Å². The number of nitrogens with one attached hydrogen (secondary N) is 1. The molecule has 3 rings (SSSR count). The largest absolute Gasteiger partial charge is 0.385 e. The number of nitrogens with zero attached hydrogens (tertiary/aromatic N) is 2. The SMILES string of the molecule is CC(O)c1nc2ccccc2n1CC(=O)Nc1ccc(I)cc1. The molecular weight excluding hydrogens is 405 g/mol. The zero-order chi connectivity index (χ0) is 16.4. The fourth-order valence-electron chi connectivity index (χ4n) is 2.46. The first kappa shape index (κ1) is 15.9. The van der Waals surface area contributed by atoms with Crippen molar-refractivity contribution < 1.29 is 9.90 Å². The minimum absolute atomic E-state index is 0.104. The van der Waals surface area contributed by atoms with Crippen LogP contribution in [0.5, 0.6) is 0 Å². The minimum Gasteiger partial charge on any atom is -0.385 e. The van der Waals surface area contributed by atoms with Gasteiger partial charge in [-0.05, 0) is 65.9 Å². The van der Waals surface area contributed by atoms with Crippen molar-refractivity contribution in [1.82, 2.24) is 9.55 Å². The van der Waals surface area contributed by atoms with Gasteiger partial charge in [0, 0.05) is 9.26 Å². The number of imidazole rings is 1. The molecule has 0 aliphatic rings. The summed E-state index contributed by atoms with van der Waals surface area (Å²) in [5.41, 5.74) is 2.35. The Kier molecular flexibility index (Phi) is 4.63. The summed E-state index contributed by atoms with van der Waals surface area (Å²) in [6, 6.07) is 15.1. The Bertz CT molecular complexity index is 841. The van der Waals surface area contributed by atoms with E-state index in [2.05, 4.69) is 32.9 Å². The molecule has 6 heteroatoms. The van der Waals surface area contributed by atoms with Crippen LogP contribution in [0.15, 0.2) is 48.5 Å². The van der Waals surface area contributed by atoms with E-state index >= 15 is 0 Å². The Morgan fingerprint density at radius 1 is 1.26 bits per heavy atom. The van der Waals surface area contributed by atoms with Crippen molar-refractivity contribution in [2.75, 3.05) is 5.32 Å². The molecule has 118 valence electrons. The minimum atomic E-state index is -0.742. The number of hydrogen-bond donors (Lipinski definition) is 2. The van der Waals surface area contributed by atoms with E-state index in [1.54, 1.807) is 11.5 Å². The molecule has 0 bridgehead atoms. The molecule has 0 spiro atoms. The van der Waals surface area contributed by atoms with Crippen LogP contribution in [0.2, 0.25) is 0 Å². The average Bonchev–Trinajstić information content (AvgIpc) is 2.89. The molecule has 0 aliphatic carbocycles. The van der Waals surface area contributed by atoms with Gasteiger partial charge in [-0.2, -0.15) is 0 Å². The summed E-state index contributed by atoms with van der Waals surface area (Å²) in [5, 5.41) is 12.8. The summed E-state index contributed by atoms with van der Waals surface area (Å²) in [7, 11) is 0. The lowest BCUT2D eigenvalue weighted by Gasteiger charge is -2.11. The van der Waals surface area contributed by atoms with Crippen LogP contribution in [0.4, 0.5) is 5.69 Å². The lowest BCUT2D eigenvalue weighted by atomic mass is 10.3. The molecule has 2 N–H and O–H groups in total. The molecule has 0 saturated heterocycles. The number of halogens is 1. The average molecular weight is 421 g/mol. The summed E-state index contributed by atoms with van der Waals surface area (Å²) in [5.74, 6) is 0.334. The fraction of sp³-hybridized carbons (Fsp3) is 0.176. The number of hydrogen-bond acceptors (Lipinski definition) is 3. The number of aliphatic hydroxyl groups is 1. The smallest absolute Gasteiger partial charge is 0.244 e. The highest BCUT2D eigenvalue weighted by Crippen LogP contribution is 2.21. The molecule has 23 heavy (non-hydrogen) atoms. The summed E-state index contributed by atoms with van der Waals surface area (Å²) in [4.78, 5) is 16.8. The fourth-order valence-corrected chi connectivity index (χ4v) is 2.82. The molecule has 5 nitrogen and oxygen atoms in total. The van der Waals surface area contributed by atoms with Gasteiger partial charge in [0.15, 0.2) is 0 Å². The number of aromatic nitrogens is 2. The maximum Gasteiger partial charge on any atom is 0.244 e. The van der Waals surface area contributed by atoms with Crippen LogP contribution in [0.1, 0.15) is 18.9 Å². The van der Waals surface area contributed by atoms with Crippen LogP contribution in [0.3, 0.4) is 0 Å². The van der Waals surface area contributed by atoms with E-state index < -0.39 is 6.10 Å². The first-order chi connectivity index (χ1) is 11.0. The van der Waals surface area contributed by atoms with E-state index in [1.165, 1.54) is 0 Å². The van der Waals surface area contributed by atoms with Gasteiger partial charge >= 0.3 is 0 Å². The molecule has 2 aromatic carbocycles. The van der Waals surface area contributed by atoms with Crippen molar-refractivity contribution in [1.29, 1.82) is 0 Å². The molecule has 3 aromatic rings. The third-order valence-corrected chi connectivity index (χ3v) is 4.21. The second-order valence-corrected chi connectivity index (χ2v) is 6.52. The maximum atomic E-state index is 12.3. The molecule has 1 amide bonds. The van der Waals surface area contributed by atoms with E-state index in [1.807, 2.05) is 48.5 Å². The number of para-hydroxylation sites is 2. The Morgan fingerprint density at radius 3 is 2.65 bits per heavy atom. The quantitative estimate of drug-likeness (QED) is 0.636. The third-order valence-electron chi connectivity index (χ3n) is 3.49. The van der Waals surface area contributed by atoms with Gasteiger partial charge in [0.05, 0.1) is 11.0 Å². The second-order valence-electron chi connectivity index (χ2n) is 5.28. The zero-order valence-corrected chi connectivity index (χ0v) is 14.7. The number of aliphatic hydroxyl groups excluding tert-OH is 1. The molecule has 0 radical (unpaired) electrons. The summed E-state index contributed by atoms with van der Waals surface area (Å²) < 4.78 is 2.86. The van der Waals surface area contributed by atoms with Crippen molar-refractivity contribution >= 4 is 45.2 Å². The van der Waals surface area contributed by atoms with Gasteiger partial charge in [0.25, 0.3) is 0 Å².